The minimum absolute atomic E-state index is 0.274. The summed E-state index contributed by atoms with van der Waals surface area (Å²) in [5.74, 6) is -1.63. The first-order valence-electron chi connectivity index (χ1n) is 7.45. The van der Waals surface area contributed by atoms with Gasteiger partial charge in [0.15, 0.2) is 12.4 Å². The lowest BCUT2D eigenvalue weighted by Gasteiger charge is -2.39. The summed E-state index contributed by atoms with van der Waals surface area (Å²) in [4.78, 5) is 11.4. The second-order valence-electron chi connectivity index (χ2n) is 5.37. The summed E-state index contributed by atoms with van der Waals surface area (Å²) in [6.07, 6.45) is -1.12. The van der Waals surface area contributed by atoms with Crippen molar-refractivity contribution in [3.05, 3.63) is 12.7 Å². The third kappa shape index (κ3) is 3.67. The average Bonchev–Trinajstić information content (AvgIpc) is 2.78. The lowest BCUT2D eigenvalue weighted by molar-refractivity contribution is -0.331. The Bertz CT molecular complexity index is 413. The molecule has 2 aliphatic heterocycles. The van der Waals surface area contributed by atoms with Gasteiger partial charge >= 0.3 is 5.97 Å². The zero-order valence-electron chi connectivity index (χ0n) is 13.4. The Labute approximate surface area is 130 Å². The highest BCUT2D eigenvalue weighted by Gasteiger charge is 2.57. The Morgan fingerprint density at radius 1 is 1.36 bits per heavy atom. The van der Waals surface area contributed by atoms with E-state index in [4.69, 9.17) is 28.4 Å². The van der Waals surface area contributed by atoms with Crippen molar-refractivity contribution in [2.45, 2.75) is 64.4 Å². The van der Waals surface area contributed by atoms with Crippen LogP contribution in [0.15, 0.2) is 12.7 Å². The number of fused-ring (bicyclic) bond motifs is 1. The van der Waals surface area contributed by atoms with E-state index in [0.29, 0.717) is 6.61 Å². The Morgan fingerprint density at radius 2 is 2.05 bits per heavy atom. The lowest BCUT2D eigenvalue weighted by Crippen LogP contribution is -2.57. The van der Waals surface area contributed by atoms with Gasteiger partial charge < -0.3 is 28.4 Å². The standard InChI is InChI=1S/C15H24O7/c1-6-8-17-14-13(20-10(4)16)12-11(9(3)19-14)21-15(5,22-12)18-7-2/h6,9,11-14H,1,7-8H2,2-5H3/t9-,11+,12+,13-,14+,15?/m0/s1. The molecule has 2 saturated heterocycles. The van der Waals surface area contributed by atoms with Crippen molar-refractivity contribution in [2.75, 3.05) is 13.2 Å². The SMILES string of the molecule is C=CCO[C@@H]1O[C@@H](C)[C@H]2OC(C)(OCC)O[C@H]2[C@@H]1OC(C)=O. The molecule has 0 saturated carbocycles. The molecule has 2 fully saturated rings. The molecule has 1 unspecified atom stereocenters. The highest BCUT2D eigenvalue weighted by Crippen LogP contribution is 2.39. The second-order valence-corrected chi connectivity index (χ2v) is 5.37. The highest BCUT2D eigenvalue weighted by molar-refractivity contribution is 5.66. The van der Waals surface area contributed by atoms with Crippen LogP contribution in [0.5, 0.6) is 0 Å². The van der Waals surface area contributed by atoms with E-state index in [0.717, 1.165) is 0 Å². The average molecular weight is 316 g/mol. The van der Waals surface area contributed by atoms with Crippen molar-refractivity contribution in [1.82, 2.24) is 0 Å². The van der Waals surface area contributed by atoms with Gasteiger partial charge in [-0.15, -0.1) is 6.58 Å². The van der Waals surface area contributed by atoms with Crippen molar-refractivity contribution < 1.29 is 33.2 Å². The van der Waals surface area contributed by atoms with E-state index in [1.165, 1.54) is 6.92 Å². The Balaban J connectivity index is 2.19. The maximum Gasteiger partial charge on any atom is 0.303 e. The smallest absolute Gasteiger partial charge is 0.303 e. The molecule has 2 aliphatic rings. The molecule has 6 atom stereocenters. The molecular formula is C15H24O7. The number of hydrogen-bond donors (Lipinski definition) is 0. The molecule has 0 amide bonds. The fraction of sp³-hybridized carbons (Fsp3) is 0.800. The molecule has 0 radical (unpaired) electrons. The van der Waals surface area contributed by atoms with Gasteiger partial charge in [0.25, 0.3) is 5.97 Å². The van der Waals surface area contributed by atoms with Crippen LogP contribution in [0.25, 0.3) is 0 Å². The molecule has 7 nitrogen and oxygen atoms in total. The first-order chi connectivity index (χ1) is 10.4. The third-order valence-electron chi connectivity index (χ3n) is 3.51. The Hall–Kier alpha value is -0.990. The number of carbonyl (C=O) groups is 1. The van der Waals surface area contributed by atoms with Gasteiger partial charge in [-0.3, -0.25) is 4.79 Å². The molecule has 0 aliphatic carbocycles. The molecule has 0 N–H and O–H groups in total. The summed E-state index contributed by atoms with van der Waals surface area (Å²) in [6.45, 7) is 11.0. The van der Waals surface area contributed by atoms with Crippen LogP contribution in [0, 0.1) is 0 Å². The van der Waals surface area contributed by atoms with E-state index >= 15 is 0 Å². The summed E-state index contributed by atoms with van der Waals surface area (Å²) in [5.41, 5.74) is 0. The van der Waals surface area contributed by atoms with Gasteiger partial charge in [0.2, 0.25) is 0 Å². The van der Waals surface area contributed by atoms with Crippen LogP contribution in [-0.2, 0) is 33.2 Å². The summed E-state index contributed by atoms with van der Waals surface area (Å²) in [7, 11) is 0. The zero-order chi connectivity index (χ0) is 16.3. The van der Waals surface area contributed by atoms with Crippen LogP contribution in [0.2, 0.25) is 0 Å². The summed E-state index contributed by atoms with van der Waals surface area (Å²) < 4.78 is 33.9. The zero-order valence-corrected chi connectivity index (χ0v) is 13.4. The molecule has 2 rings (SSSR count). The predicted molar refractivity (Wildman–Crippen MR) is 75.8 cm³/mol. The van der Waals surface area contributed by atoms with Gasteiger partial charge in [0, 0.05) is 20.5 Å². The van der Waals surface area contributed by atoms with E-state index < -0.39 is 36.5 Å². The van der Waals surface area contributed by atoms with Crippen LogP contribution in [-0.4, -0.2) is 55.9 Å². The number of esters is 1. The molecule has 0 spiro atoms. The predicted octanol–water partition coefficient (Wildman–Crippen LogP) is 1.36. The summed E-state index contributed by atoms with van der Waals surface area (Å²) in [6, 6.07) is 0. The first-order valence-corrected chi connectivity index (χ1v) is 7.45. The fourth-order valence-corrected chi connectivity index (χ4v) is 2.74. The van der Waals surface area contributed by atoms with E-state index in [9.17, 15) is 4.79 Å². The monoisotopic (exact) mass is 316 g/mol. The molecule has 0 aromatic carbocycles. The fourth-order valence-electron chi connectivity index (χ4n) is 2.74. The Kier molecular flexibility index (Phi) is 5.57. The van der Waals surface area contributed by atoms with Crippen molar-refractivity contribution >= 4 is 5.97 Å². The minimum Gasteiger partial charge on any atom is -0.454 e. The molecule has 22 heavy (non-hydrogen) atoms. The summed E-state index contributed by atoms with van der Waals surface area (Å²) in [5, 5.41) is 0. The molecule has 126 valence electrons. The third-order valence-corrected chi connectivity index (χ3v) is 3.51. The van der Waals surface area contributed by atoms with Gasteiger partial charge in [0.05, 0.1) is 12.7 Å². The topological polar surface area (TPSA) is 72.5 Å². The second kappa shape index (κ2) is 7.06. The van der Waals surface area contributed by atoms with Crippen LogP contribution in [0.3, 0.4) is 0 Å². The maximum absolute atomic E-state index is 11.4. The van der Waals surface area contributed by atoms with E-state index in [1.807, 2.05) is 13.8 Å². The van der Waals surface area contributed by atoms with E-state index in [1.54, 1.807) is 13.0 Å². The quantitative estimate of drug-likeness (QED) is 0.541. The Morgan fingerprint density at radius 3 is 2.64 bits per heavy atom. The molecule has 0 aromatic heterocycles. The minimum atomic E-state index is -1.19. The van der Waals surface area contributed by atoms with Gasteiger partial charge in [-0.05, 0) is 13.8 Å². The number of carbonyl (C=O) groups excluding carboxylic acids is 1. The largest absolute Gasteiger partial charge is 0.454 e. The van der Waals surface area contributed by atoms with Crippen molar-refractivity contribution in [1.29, 1.82) is 0 Å². The first kappa shape index (κ1) is 17.4. The van der Waals surface area contributed by atoms with Gasteiger partial charge in [-0.2, -0.15) is 0 Å². The molecule has 2 heterocycles. The van der Waals surface area contributed by atoms with Gasteiger partial charge in [-0.25, -0.2) is 0 Å². The van der Waals surface area contributed by atoms with Gasteiger partial charge in [-0.1, -0.05) is 6.08 Å². The van der Waals surface area contributed by atoms with Crippen molar-refractivity contribution in [2.24, 2.45) is 0 Å². The van der Waals surface area contributed by atoms with Crippen LogP contribution < -0.4 is 0 Å². The van der Waals surface area contributed by atoms with Crippen LogP contribution in [0.4, 0.5) is 0 Å². The normalized spacial score (nSPS) is 41.0. The van der Waals surface area contributed by atoms with Gasteiger partial charge in [0.1, 0.15) is 12.2 Å². The lowest BCUT2D eigenvalue weighted by atomic mass is 10.00. The molecular weight excluding hydrogens is 292 g/mol. The van der Waals surface area contributed by atoms with E-state index in [2.05, 4.69) is 6.58 Å². The maximum atomic E-state index is 11.4. The number of ether oxygens (including phenoxy) is 6. The van der Waals surface area contributed by atoms with Crippen LogP contribution in [0.1, 0.15) is 27.7 Å². The van der Waals surface area contributed by atoms with Crippen LogP contribution >= 0.6 is 0 Å². The number of hydrogen-bond acceptors (Lipinski definition) is 7. The molecule has 0 aromatic rings. The van der Waals surface area contributed by atoms with Crippen molar-refractivity contribution in [3.8, 4) is 0 Å². The molecule has 7 heteroatoms. The van der Waals surface area contributed by atoms with Crippen molar-refractivity contribution in [3.63, 3.8) is 0 Å². The highest BCUT2D eigenvalue weighted by atomic mass is 16.9. The molecule has 0 bridgehead atoms. The van der Waals surface area contributed by atoms with E-state index in [-0.39, 0.29) is 12.7 Å². The summed E-state index contributed by atoms with van der Waals surface area (Å²) >= 11 is 0. The number of rotatable bonds is 6.